The van der Waals surface area contributed by atoms with E-state index in [4.69, 9.17) is 4.74 Å². The molecule has 1 fully saturated rings. The van der Waals surface area contributed by atoms with E-state index >= 15 is 0 Å². The maximum atomic E-state index is 12.3. The molecule has 6 heteroatoms. The molecule has 1 aliphatic heterocycles. The Morgan fingerprint density at radius 2 is 1.96 bits per heavy atom. The van der Waals surface area contributed by atoms with Crippen molar-refractivity contribution in [2.75, 3.05) is 37.7 Å². The summed E-state index contributed by atoms with van der Waals surface area (Å²) in [4.78, 5) is 23.5. The zero-order valence-corrected chi connectivity index (χ0v) is 16.9. The van der Waals surface area contributed by atoms with Gasteiger partial charge in [0.05, 0.1) is 5.69 Å². The minimum Gasteiger partial charge on any atom is -0.382 e. The van der Waals surface area contributed by atoms with Crippen molar-refractivity contribution in [2.24, 2.45) is 5.92 Å². The second-order valence-electron chi connectivity index (χ2n) is 7.23. The van der Waals surface area contributed by atoms with Crippen LogP contribution in [-0.2, 0) is 9.53 Å². The first kappa shape index (κ1) is 20.3. The summed E-state index contributed by atoms with van der Waals surface area (Å²) in [6.45, 7) is 7.84. The monoisotopic (exact) mass is 382 g/mol. The molecule has 2 heterocycles. The summed E-state index contributed by atoms with van der Waals surface area (Å²) in [5.41, 5.74) is 3.26. The molecular formula is C22H30N4O2. The Labute approximate surface area is 167 Å². The summed E-state index contributed by atoms with van der Waals surface area (Å²) >= 11 is 0. The molecule has 150 valence electrons. The number of benzene rings is 1. The predicted molar refractivity (Wildman–Crippen MR) is 111 cm³/mol. The van der Waals surface area contributed by atoms with Crippen LogP contribution in [0.2, 0.25) is 0 Å². The Hall–Kier alpha value is -2.47. The first-order chi connectivity index (χ1) is 13.7. The van der Waals surface area contributed by atoms with Crippen LogP contribution >= 0.6 is 0 Å². The minimum absolute atomic E-state index is 0.0850. The van der Waals surface area contributed by atoms with E-state index in [2.05, 4.69) is 51.4 Å². The Bertz CT molecular complexity index is 755. The Morgan fingerprint density at radius 3 is 2.68 bits per heavy atom. The predicted octanol–water partition coefficient (Wildman–Crippen LogP) is 3.21. The number of aryl methyl sites for hydroxylation is 1. The van der Waals surface area contributed by atoms with E-state index < -0.39 is 0 Å². The van der Waals surface area contributed by atoms with E-state index in [0.29, 0.717) is 13.2 Å². The maximum Gasteiger partial charge on any atom is 0.223 e. The number of ether oxygens (including phenoxy) is 1. The van der Waals surface area contributed by atoms with E-state index in [0.717, 1.165) is 56.0 Å². The summed E-state index contributed by atoms with van der Waals surface area (Å²) in [5.74, 6) is 1.18. The van der Waals surface area contributed by atoms with Crippen molar-refractivity contribution in [3.63, 3.8) is 0 Å². The summed E-state index contributed by atoms with van der Waals surface area (Å²) in [5, 5.41) is 3.04. The van der Waals surface area contributed by atoms with Crippen LogP contribution in [0.4, 0.5) is 5.82 Å². The fraction of sp³-hybridized carbons (Fsp3) is 0.500. The lowest BCUT2D eigenvalue weighted by Gasteiger charge is -2.32. The van der Waals surface area contributed by atoms with Gasteiger partial charge in [-0.2, -0.15) is 0 Å². The third kappa shape index (κ3) is 5.52. The van der Waals surface area contributed by atoms with Gasteiger partial charge in [0.1, 0.15) is 12.1 Å². The number of rotatable bonds is 8. The first-order valence-electron chi connectivity index (χ1n) is 10.2. The van der Waals surface area contributed by atoms with Crippen molar-refractivity contribution < 1.29 is 9.53 Å². The fourth-order valence-corrected chi connectivity index (χ4v) is 3.45. The van der Waals surface area contributed by atoms with Gasteiger partial charge in [-0.15, -0.1) is 0 Å². The van der Waals surface area contributed by atoms with Crippen molar-refractivity contribution in [1.82, 2.24) is 15.3 Å². The number of nitrogens with zero attached hydrogens (tertiary/aromatic N) is 3. The van der Waals surface area contributed by atoms with Crippen LogP contribution in [0, 0.1) is 12.8 Å². The third-order valence-electron chi connectivity index (χ3n) is 5.16. The van der Waals surface area contributed by atoms with E-state index in [1.807, 2.05) is 13.0 Å². The second-order valence-corrected chi connectivity index (χ2v) is 7.23. The summed E-state index contributed by atoms with van der Waals surface area (Å²) in [6.07, 6.45) is 4.19. The average Bonchev–Trinajstić information content (AvgIpc) is 2.74. The van der Waals surface area contributed by atoms with Gasteiger partial charge in [-0.25, -0.2) is 9.97 Å². The van der Waals surface area contributed by atoms with Crippen LogP contribution in [0.3, 0.4) is 0 Å². The van der Waals surface area contributed by atoms with Gasteiger partial charge < -0.3 is 15.0 Å². The molecule has 3 rings (SSSR count). The lowest BCUT2D eigenvalue weighted by atomic mass is 9.96. The number of hydrogen-bond donors (Lipinski definition) is 1. The van der Waals surface area contributed by atoms with Gasteiger partial charge in [0, 0.05) is 50.4 Å². The third-order valence-corrected chi connectivity index (χ3v) is 5.16. The van der Waals surface area contributed by atoms with Gasteiger partial charge >= 0.3 is 0 Å². The molecular weight excluding hydrogens is 352 g/mol. The molecule has 28 heavy (non-hydrogen) atoms. The van der Waals surface area contributed by atoms with Crippen molar-refractivity contribution in [3.05, 3.63) is 42.2 Å². The highest BCUT2D eigenvalue weighted by Crippen LogP contribution is 2.25. The van der Waals surface area contributed by atoms with Crippen LogP contribution in [0.1, 0.15) is 31.7 Å². The molecule has 1 amide bonds. The number of carbonyl (C=O) groups is 1. The average molecular weight is 383 g/mol. The van der Waals surface area contributed by atoms with Gasteiger partial charge in [-0.1, -0.05) is 29.8 Å². The molecule has 0 spiro atoms. The lowest BCUT2D eigenvalue weighted by Crippen LogP contribution is -2.41. The van der Waals surface area contributed by atoms with E-state index in [1.165, 1.54) is 5.56 Å². The van der Waals surface area contributed by atoms with Crippen LogP contribution in [0.25, 0.3) is 11.3 Å². The highest BCUT2D eigenvalue weighted by Gasteiger charge is 2.25. The zero-order chi connectivity index (χ0) is 19.8. The van der Waals surface area contributed by atoms with Crippen molar-refractivity contribution in [1.29, 1.82) is 0 Å². The van der Waals surface area contributed by atoms with Crippen molar-refractivity contribution in [2.45, 2.75) is 33.1 Å². The zero-order valence-electron chi connectivity index (χ0n) is 16.9. The van der Waals surface area contributed by atoms with Crippen LogP contribution in [0.5, 0.6) is 0 Å². The minimum atomic E-state index is 0.0850. The summed E-state index contributed by atoms with van der Waals surface area (Å²) in [7, 11) is 0. The van der Waals surface area contributed by atoms with Gasteiger partial charge in [0.2, 0.25) is 5.91 Å². The topological polar surface area (TPSA) is 67.3 Å². The van der Waals surface area contributed by atoms with Crippen molar-refractivity contribution >= 4 is 11.7 Å². The molecule has 0 radical (unpaired) electrons. The number of piperidine rings is 1. The number of amides is 1. The molecule has 0 aliphatic carbocycles. The van der Waals surface area contributed by atoms with Gasteiger partial charge in [-0.3, -0.25) is 4.79 Å². The van der Waals surface area contributed by atoms with Gasteiger partial charge in [-0.05, 0) is 33.1 Å². The Balaban J connectivity index is 1.51. The van der Waals surface area contributed by atoms with Crippen molar-refractivity contribution in [3.8, 4) is 11.3 Å². The normalized spacial score (nSPS) is 14.9. The van der Waals surface area contributed by atoms with Crippen LogP contribution in [-0.4, -0.2) is 48.7 Å². The van der Waals surface area contributed by atoms with Crippen LogP contribution < -0.4 is 10.2 Å². The molecule has 2 aromatic rings. The Kier molecular flexibility index (Phi) is 7.37. The lowest BCUT2D eigenvalue weighted by molar-refractivity contribution is -0.125. The molecule has 0 unspecified atom stereocenters. The quantitative estimate of drug-likeness (QED) is 0.710. The molecule has 1 N–H and O–H groups in total. The maximum absolute atomic E-state index is 12.3. The van der Waals surface area contributed by atoms with E-state index in [-0.39, 0.29) is 11.8 Å². The molecule has 0 saturated carbocycles. The molecule has 1 aromatic heterocycles. The van der Waals surface area contributed by atoms with Gasteiger partial charge in [0.15, 0.2) is 0 Å². The largest absolute Gasteiger partial charge is 0.382 e. The summed E-state index contributed by atoms with van der Waals surface area (Å²) < 4.78 is 5.30. The second kappa shape index (κ2) is 10.2. The molecule has 1 saturated heterocycles. The van der Waals surface area contributed by atoms with E-state index in [1.54, 1.807) is 6.33 Å². The SMILES string of the molecule is CCOCCCNC(=O)C1CCN(c2cc(-c3ccc(C)cc3)ncn2)CC1. The molecule has 1 aliphatic rings. The number of carbonyl (C=O) groups excluding carboxylic acids is 1. The van der Waals surface area contributed by atoms with Gasteiger partial charge in [0.25, 0.3) is 0 Å². The molecule has 1 aromatic carbocycles. The molecule has 6 nitrogen and oxygen atoms in total. The number of nitrogens with one attached hydrogen (secondary N) is 1. The summed E-state index contributed by atoms with van der Waals surface area (Å²) in [6, 6.07) is 10.4. The fourth-order valence-electron chi connectivity index (χ4n) is 3.45. The highest BCUT2D eigenvalue weighted by molar-refractivity contribution is 5.79. The molecule has 0 bridgehead atoms. The highest BCUT2D eigenvalue weighted by atomic mass is 16.5. The van der Waals surface area contributed by atoms with Crippen LogP contribution in [0.15, 0.2) is 36.7 Å². The van der Waals surface area contributed by atoms with E-state index in [9.17, 15) is 4.79 Å². The number of hydrogen-bond acceptors (Lipinski definition) is 5. The standard InChI is InChI=1S/C22H30N4O2/c1-3-28-14-4-11-23-22(27)19-9-12-26(13-10-19)21-15-20(24-16-25-21)18-7-5-17(2)6-8-18/h5-8,15-16,19H,3-4,9-14H2,1-2H3,(H,23,27). The number of aromatic nitrogens is 2. The number of anilines is 1. The Morgan fingerprint density at radius 1 is 1.21 bits per heavy atom. The molecule has 0 atom stereocenters. The first-order valence-corrected chi connectivity index (χ1v) is 10.2. The smallest absolute Gasteiger partial charge is 0.223 e.